The molecule has 0 spiro atoms. The van der Waals surface area contributed by atoms with Crippen LogP contribution in [0.25, 0.3) is 0 Å². The maximum absolute atomic E-state index is 12.1. The van der Waals surface area contributed by atoms with E-state index in [1.54, 1.807) is 60.8 Å². The van der Waals surface area contributed by atoms with Gasteiger partial charge in [0.05, 0.1) is 6.42 Å². The number of benzene rings is 2. The molecule has 27 heavy (non-hydrogen) atoms. The fourth-order valence-electron chi connectivity index (χ4n) is 2.35. The van der Waals surface area contributed by atoms with Gasteiger partial charge in [-0.2, -0.15) is 0 Å². The van der Waals surface area contributed by atoms with Crippen molar-refractivity contribution in [2.45, 2.75) is 13.3 Å². The largest absolute Gasteiger partial charge is 0.439 e. The van der Waals surface area contributed by atoms with E-state index in [0.717, 1.165) is 5.56 Å². The van der Waals surface area contributed by atoms with Crippen LogP contribution in [0, 0.1) is 0 Å². The van der Waals surface area contributed by atoms with Gasteiger partial charge in [-0.1, -0.05) is 18.2 Å². The SMILES string of the molecule is CC(=O)Nc1ccc(CC(=O)Oc2ccc(Oc3ccccn3)cc2)cc1. The molecule has 0 aliphatic heterocycles. The lowest BCUT2D eigenvalue weighted by Crippen LogP contribution is -2.11. The minimum atomic E-state index is -0.374. The molecule has 0 aliphatic carbocycles. The molecule has 3 rings (SSSR count). The van der Waals surface area contributed by atoms with Crippen LogP contribution in [-0.2, 0) is 16.0 Å². The van der Waals surface area contributed by atoms with Crippen molar-refractivity contribution >= 4 is 17.6 Å². The first-order chi connectivity index (χ1) is 13.1. The van der Waals surface area contributed by atoms with Crippen LogP contribution in [0.2, 0.25) is 0 Å². The first-order valence-corrected chi connectivity index (χ1v) is 8.35. The molecule has 3 aromatic rings. The van der Waals surface area contributed by atoms with E-state index < -0.39 is 0 Å². The van der Waals surface area contributed by atoms with Gasteiger partial charge in [-0.05, 0) is 48.0 Å². The van der Waals surface area contributed by atoms with E-state index >= 15 is 0 Å². The van der Waals surface area contributed by atoms with Crippen molar-refractivity contribution in [2.75, 3.05) is 5.32 Å². The Bertz CT molecular complexity index is 907. The second kappa shape index (κ2) is 8.62. The van der Waals surface area contributed by atoms with Crippen LogP contribution in [0.4, 0.5) is 5.69 Å². The van der Waals surface area contributed by atoms with Crippen LogP contribution in [0.1, 0.15) is 12.5 Å². The number of nitrogens with zero attached hydrogens (tertiary/aromatic N) is 1. The van der Waals surface area contributed by atoms with E-state index in [1.165, 1.54) is 6.92 Å². The van der Waals surface area contributed by atoms with Gasteiger partial charge in [-0.3, -0.25) is 9.59 Å². The van der Waals surface area contributed by atoms with Gasteiger partial charge in [0.2, 0.25) is 11.8 Å². The average Bonchev–Trinajstić information content (AvgIpc) is 2.65. The summed E-state index contributed by atoms with van der Waals surface area (Å²) < 4.78 is 10.9. The number of anilines is 1. The predicted octanol–water partition coefficient (Wildman–Crippen LogP) is 3.98. The number of nitrogens with one attached hydrogen (secondary N) is 1. The number of hydrogen-bond donors (Lipinski definition) is 1. The van der Waals surface area contributed by atoms with E-state index in [9.17, 15) is 9.59 Å². The zero-order valence-corrected chi connectivity index (χ0v) is 14.7. The summed E-state index contributed by atoms with van der Waals surface area (Å²) in [5, 5.41) is 2.68. The molecule has 1 heterocycles. The van der Waals surface area contributed by atoms with E-state index in [4.69, 9.17) is 9.47 Å². The Kier molecular flexibility index (Phi) is 5.79. The molecule has 1 aromatic heterocycles. The highest BCUT2D eigenvalue weighted by Crippen LogP contribution is 2.22. The first-order valence-electron chi connectivity index (χ1n) is 8.35. The maximum atomic E-state index is 12.1. The van der Waals surface area contributed by atoms with Gasteiger partial charge in [0, 0.05) is 24.9 Å². The quantitative estimate of drug-likeness (QED) is 0.530. The van der Waals surface area contributed by atoms with E-state index in [0.29, 0.717) is 23.1 Å². The second-order valence-corrected chi connectivity index (χ2v) is 5.77. The molecule has 1 N–H and O–H groups in total. The van der Waals surface area contributed by atoms with E-state index in [2.05, 4.69) is 10.3 Å². The van der Waals surface area contributed by atoms with Crippen LogP contribution in [-0.4, -0.2) is 16.9 Å². The van der Waals surface area contributed by atoms with Crippen molar-refractivity contribution in [3.05, 3.63) is 78.5 Å². The monoisotopic (exact) mass is 362 g/mol. The average molecular weight is 362 g/mol. The Hall–Kier alpha value is -3.67. The number of carbonyl (C=O) groups excluding carboxylic acids is 2. The van der Waals surface area contributed by atoms with Gasteiger partial charge < -0.3 is 14.8 Å². The van der Waals surface area contributed by atoms with Crippen LogP contribution < -0.4 is 14.8 Å². The molecule has 2 aromatic carbocycles. The number of pyridine rings is 1. The lowest BCUT2D eigenvalue weighted by molar-refractivity contribution is -0.133. The minimum absolute atomic E-state index is 0.131. The number of ether oxygens (including phenoxy) is 2. The summed E-state index contributed by atoms with van der Waals surface area (Å²) in [7, 11) is 0. The third-order valence-electron chi connectivity index (χ3n) is 3.54. The summed E-state index contributed by atoms with van der Waals surface area (Å²) in [6.45, 7) is 1.44. The highest BCUT2D eigenvalue weighted by Gasteiger charge is 2.08. The molecule has 0 unspecified atom stereocenters. The van der Waals surface area contributed by atoms with Crippen LogP contribution in [0.5, 0.6) is 17.4 Å². The fraction of sp³-hybridized carbons (Fsp3) is 0.0952. The molecule has 0 saturated heterocycles. The zero-order chi connectivity index (χ0) is 19.1. The van der Waals surface area contributed by atoms with Gasteiger partial charge in [-0.15, -0.1) is 0 Å². The van der Waals surface area contributed by atoms with Gasteiger partial charge >= 0.3 is 5.97 Å². The molecule has 0 atom stereocenters. The Labute approximate surface area is 156 Å². The van der Waals surface area contributed by atoms with Gasteiger partial charge in [0.1, 0.15) is 11.5 Å². The standard InChI is InChI=1S/C21H18N2O4/c1-15(24)23-17-7-5-16(6-8-17)14-21(25)27-19-11-9-18(10-12-19)26-20-4-2-3-13-22-20/h2-13H,14H2,1H3,(H,23,24). The molecule has 0 bridgehead atoms. The van der Waals surface area contributed by atoms with Crippen molar-refractivity contribution in [2.24, 2.45) is 0 Å². The van der Waals surface area contributed by atoms with Gasteiger partial charge in [0.25, 0.3) is 0 Å². The summed E-state index contributed by atoms with van der Waals surface area (Å²) in [4.78, 5) is 27.2. The van der Waals surface area contributed by atoms with Crippen LogP contribution in [0.3, 0.4) is 0 Å². The number of hydrogen-bond acceptors (Lipinski definition) is 5. The molecule has 6 heteroatoms. The highest BCUT2D eigenvalue weighted by molar-refractivity contribution is 5.88. The number of amides is 1. The Morgan fingerprint density at radius 3 is 2.26 bits per heavy atom. The van der Waals surface area contributed by atoms with E-state index in [-0.39, 0.29) is 18.3 Å². The lowest BCUT2D eigenvalue weighted by Gasteiger charge is -2.07. The molecular weight excluding hydrogens is 344 g/mol. The summed E-state index contributed by atoms with van der Waals surface area (Å²) in [5.74, 6) is 1.01. The third-order valence-corrected chi connectivity index (χ3v) is 3.54. The highest BCUT2D eigenvalue weighted by atomic mass is 16.5. The zero-order valence-electron chi connectivity index (χ0n) is 14.7. The number of aromatic nitrogens is 1. The fourth-order valence-corrected chi connectivity index (χ4v) is 2.35. The molecule has 136 valence electrons. The molecule has 0 aliphatic rings. The Morgan fingerprint density at radius 1 is 0.926 bits per heavy atom. The summed E-state index contributed by atoms with van der Waals surface area (Å²) in [5.41, 5.74) is 1.48. The van der Waals surface area contributed by atoms with Crippen LogP contribution in [0.15, 0.2) is 72.9 Å². The normalized spacial score (nSPS) is 10.1. The minimum Gasteiger partial charge on any atom is -0.439 e. The number of esters is 1. The van der Waals surface area contributed by atoms with Crippen molar-refractivity contribution in [1.82, 2.24) is 4.98 Å². The summed E-state index contributed by atoms with van der Waals surface area (Å²) in [6.07, 6.45) is 1.78. The topological polar surface area (TPSA) is 77.5 Å². The molecule has 0 saturated carbocycles. The van der Waals surface area contributed by atoms with Crippen molar-refractivity contribution in [3.8, 4) is 17.4 Å². The van der Waals surface area contributed by atoms with Crippen molar-refractivity contribution in [3.63, 3.8) is 0 Å². The lowest BCUT2D eigenvalue weighted by atomic mass is 10.1. The first kappa shape index (κ1) is 18.1. The van der Waals surface area contributed by atoms with Crippen LogP contribution >= 0.6 is 0 Å². The summed E-state index contributed by atoms with van der Waals surface area (Å²) in [6, 6.07) is 19.2. The molecule has 1 amide bonds. The predicted molar refractivity (Wildman–Crippen MR) is 101 cm³/mol. The third kappa shape index (κ3) is 5.67. The second-order valence-electron chi connectivity index (χ2n) is 5.77. The maximum Gasteiger partial charge on any atom is 0.315 e. The summed E-state index contributed by atoms with van der Waals surface area (Å²) >= 11 is 0. The number of carbonyl (C=O) groups is 2. The Morgan fingerprint density at radius 2 is 1.63 bits per heavy atom. The van der Waals surface area contributed by atoms with E-state index in [1.807, 2.05) is 12.1 Å². The molecule has 0 fully saturated rings. The van der Waals surface area contributed by atoms with Crippen molar-refractivity contribution in [1.29, 1.82) is 0 Å². The van der Waals surface area contributed by atoms with Gasteiger partial charge in [0.15, 0.2) is 0 Å². The Balaban J connectivity index is 1.54. The molecule has 6 nitrogen and oxygen atoms in total. The van der Waals surface area contributed by atoms with Gasteiger partial charge in [-0.25, -0.2) is 4.98 Å². The molecular formula is C21H18N2O4. The number of rotatable bonds is 6. The smallest absolute Gasteiger partial charge is 0.315 e. The molecule has 0 radical (unpaired) electrons. The van der Waals surface area contributed by atoms with Crippen molar-refractivity contribution < 1.29 is 19.1 Å².